The first-order valence-corrected chi connectivity index (χ1v) is 11.7. The molecule has 33 heavy (non-hydrogen) atoms. The molecule has 1 amide bonds. The maximum Gasteiger partial charge on any atom is 0.267 e. The van der Waals surface area contributed by atoms with Gasteiger partial charge < -0.3 is 4.74 Å². The molecule has 9 heteroatoms. The van der Waals surface area contributed by atoms with Crippen molar-refractivity contribution in [1.29, 1.82) is 0 Å². The fraction of sp³-hybridized carbons (Fsp3) is 0.167. The van der Waals surface area contributed by atoms with Crippen LogP contribution in [0.4, 0.5) is 5.69 Å². The highest BCUT2D eigenvalue weighted by atomic mass is 32.2. The summed E-state index contributed by atoms with van der Waals surface area (Å²) in [5, 5.41) is 9.00. The highest BCUT2D eigenvalue weighted by molar-refractivity contribution is 7.92. The molecule has 3 rings (SSSR count). The molecule has 0 aliphatic rings. The summed E-state index contributed by atoms with van der Waals surface area (Å²) in [4.78, 5) is 16.1. The van der Waals surface area contributed by atoms with Gasteiger partial charge in [-0.05, 0) is 60.0 Å². The van der Waals surface area contributed by atoms with Gasteiger partial charge in [0.1, 0.15) is 5.75 Å². The lowest BCUT2D eigenvalue weighted by Crippen LogP contribution is -2.31. The van der Waals surface area contributed by atoms with Crippen LogP contribution in [0.1, 0.15) is 24.5 Å². The van der Waals surface area contributed by atoms with Gasteiger partial charge in [0.25, 0.3) is 15.9 Å². The molecule has 0 atom stereocenters. The van der Waals surface area contributed by atoms with Crippen LogP contribution in [0, 0.1) is 0 Å². The monoisotopic (exact) mass is 467 g/mol. The van der Waals surface area contributed by atoms with E-state index in [1.165, 1.54) is 29.6 Å². The normalized spacial score (nSPS) is 11.7. The number of anilines is 1. The molecule has 2 N–H and O–H groups in total. The van der Waals surface area contributed by atoms with E-state index >= 15 is 0 Å². The molecule has 0 aliphatic carbocycles. The van der Waals surface area contributed by atoms with Crippen molar-refractivity contribution < 1.29 is 23.2 Å². The molecule has 1 heterocycles. The van der Waals surface area contributed by atoms with E-state index in [1.54, 1.807) is 66.4 Å². The molecule has 2 aromatic carbocycles. The Labute approximate surface area is 193 Å². The average molecular weight is 468 g/mol. The van der Waals surface area contributed by atoms with Crippen LogP contribution in [0.2, 0.25) is 0 Å². The number of hydrogen-bond acceptors (Lipinski definition) is 6. The number of amides is 1. The molecule has 8 nitrogen and oxygen atoms in total. The number of ether oxygens (including phenoxy) is 1. The number of nitrogens with one attached hydrogen (secondary N) is 1. The van der Waals surface area contributed by atoms with Crippen molar-refractivity contribution in [2.24, 2.45) is 0 Å². The Hall–Kier alpha value is -3.69. The Morgan fingerprint density at radius 2 is 1.85 bits per heavy atom. The first-order valence-electron chi connectivity index (χ1n) is 10.2. The third kappa shape index (κ3) is 5.57. The van der Waals surface area contributed by atoms with E-state index < -0.39 is 15.9 Å². The Morgan fingerprint density at radius 1 is 1.12 bits per heavy atom. The molecule has 0 aliphatic heterocycles. The van der Waals surface area contributed by atoms with Gasteiger partial charge in [-0.3, -0.25) is 19.3 Å². The number of nitrogens with zero attached hydrogens (tertiary/aromatic N) is 2. The minimum absolute atomic E-state index is 0.143. The molecule has 0 unspecified atom stereocenters. The van der Waals surface area contributed by atoms with Gasteiger partial charge in [-0.15, -0.1) is 0 Å². The lowest BCUT2D eigenvalue weighted by molar-refractivity contribution is -0.124. The second-order valence-corrected chi connectivity index (χ2v) is 8.94. The van der Waals surface area contributed by atoms with Crippen LogP contribution in [0.5, 0.6) is 5.75 Å². The molecule has 0 fully saturated rings. The number of aromatic nitrogens is 1. The summed E-state index contributed by atoms with van der Waals surface area (Å²) in [5.41, 5.74) is 3.76. The third-order valence-corrected chi connectivity index (χ3v) is 6.72. The minimum Gasteiger partial charge on any atom is -0.497 e. The van der Waals surface area contributed by atoms with Gasteiger partial charge in [-0.2, -0.15) is 0 Å². The van der Waals surface area contributed by atoms with Crippen LogP contribution in [0.25, 0.3) is 5.57 Å². The minimum atomic E-state index is -3.85. The number of benzene rings is 2. The van der Waals surface area contributed by atoms with Crippen molar-refractivity contribution in [2.45, 2.75) is 18.2 Å². The van der Waals surface area contributed by atoms with Crippen LogP contribution in [0.15, 0.2) is 84.0 Å². The zero-order valence-electron chi connectivity index (χ0n) is 18.3. The van der Waals surface area contributed by atoms with E-state index in [0.717, 1.165) is 0 Å². The molecule has 0 spiro atoms. The van der Waals surface area contributed by atoms with Crippen molar-refractivity contribution in [3.63, 3.8) is 0 Å². The number of methoxy groups -OCH3 is 1. The Kier molecular flexibility index (Phi) is 7.81. The summed E-state index contributed by atoms with van der Waals surface area (Å²) in [6.45, 7) is 2.16. The number of hydrogen-bond donors (Lipinski definition) is 2. The van der Waals surface area contributed by atoms with Gasteiger partial charge in [0, 0.05) is 30.6 Å². The Morgan fingerprint density at radius 3 is 2.45 bits per heavy atom. The van der Waals surface area contributed by atoms with E-state index in [9.17, 15) is 13.2 Å². The zero-order valence-corrected chi connectivity index (χ0v) is 19.1. The lowest BCUT2D eigenvalue weighted by Gasteiger charge is -2.25. The molecule has 1 aromatic heterocycles. The molecule has 0 saturated heterocycles. The summed E-state index contributed by atoms with van der Waals surface area (Å²) in [6, 6.07) is 16.6. The zero-order chi connectivity index (χ0) is 23.8. The summed E-state index contributed by atoms with van der Waals surface area (Å²) >= 11 is 0. The topological polar surface area (TPSA) is 109 Å². The van der Waals surface area contributed by atoms with Gasteiger partial charge in [0.2, 0.25) is 0 Å². The van der Waals surface area contributed by atoms with Crippen LogP contribution >= 0.6 is 0 Å². The summed E-state index contributed by atoms with van der Waals surface area (Å²) in [5.74, 6) is -0.151. The van der Waals surface area contributed by atoms with Crippen LogP contribution in [-0.4, -0.2) is 38.2 Å². The average Bonchev–Trinajstić information content (AvgIpc) is 2.86. The number of pyridine rings is 1. The second-order valence-electron chi connectivity index (χ2n) is 7.08. The first-order chi connectivity index (χ1) is 15.9. The smallest absolute Gasteiger partial charge is 0.267 e. The van der Waals surface area contributed by atoms with E-state index in [0.29, 0.717) is 34.6 Å². The Balaban J connectivity index is 2.09. The van der Waals surface area contributed by atoms with Crippen molar-refractivity contribution in [2.75, 3.05) is 18.0 Å². The molecule has 172 valence electrons. The van der Waals surface area contributed by atoms with Crippen LogP contribution in [-0.2, 0) is 14.8 Å². The predicted octanol–water partition coefficient (Wildman–Crippen LogP) is 3.63. The first kappa shape index (κ1) is 24.0. The van der Waals surface area contributed by atoms with Gasteiger partial charge >= 0.3 is 0 Å². The quantitative estimate of drug-likeness (QED) is 0.283. The largest absolute Gasteiger partial charge is 0.497 e. The van der Waals surface area contributed by atoms with E-state index in [-0.39, 0.29) is 11.4 Å². The van der Waals surface area contributed by atoms with E-state index in [4.69, 9.17) is 9.94 Å². The summed E-state index contributed by atoms with van der Waals surface area (Å²) < 4.78 is 33.4. The van der Waals surface area contributed by atoms with Crippen LogP contribution in [0.3, 0.4) is 0 Å². The molecule has 0 bridgehead atoms. The summed E-state index contributed by atoms with van der Waals surface area (Å²) in [7, 11) is -2.33. The lowest BCUT2D eigenvalue weighted by atomic mass is 9.98. The van der Waals surface area contributed by atoms with Gasteiger partial charge in [-0.25, -0.2) is 13.9 Å². The molecular formula is C24H25N3O5S. The SMILES string of the molecule is CCCN(c1cccc(C(=CC(=O)NO)c2cccnc2)c1)S(=O)(=O)c1ccc(OC)cc1. The van der Waals surface area contributed by atoms with Crippen molar-refractivity contribution in [3.05, 3.63) is 90.3 Å². The maximum absolute atomic E-state index is 13.5. The standard InChI is InChI=1S/C24H25N3O5S/c1-3-14-27(33(30,31)22-11-9-21(32-2)10-12-22)20-8-4-6-18(15-20)23(16-24(28)26-29)19-7-5-13-25-17-19/h4-13,15-17,29H,3,14H2,1-2H3,(H,26,28). The second kappa shape index (κ2) is 10.8. The Bertz CT molecular complexity index is 1230. The third-order valence-electron chi connectivity index (χ3n) is 4.88. The number of hydroxylamine groups is 1. The maximum atomic E-state index is 13.5. The predicted molar refractivity (Wildman–Crippen MR) is 126 cm³/mol. The van der Waals surface area contributed by atoms with Crippen LogP contribution < -0.4 is 14.5 Å². The van der Waals surface area contributed by atoms with Gasteiger partial charge in [-0.1, -0.05) is 25.1 Å². The highest BCUT2D eigenvalue weighted by Crippen LogP contribution is 2.30. The number of rotatable bonds is 9. The number of sulfonamides is 1. The fourth-order valence-corrected chi connectivity index (χ4v) is 4.86. The van der Waals surface area contributed by atoms with Gasteiger partial charge in [0.05, 0.1) is 17.7 Å². The molecule has 0 saturated carbocycles. The van der Waals surface area contributed by atoms with Crippen molar-refractivity contribution in [3.8, 4) is 5.75 Å². The molecule has 0 radical (unpaired) electrons. The highest BCUT2D eigenvalue weighted by Gasteiger charge is 2.25. The molecule has 3 aromatic rings. The van der Waals surface area contributed by atoms with Gasteiger partial charge in [0.15, 0.2) is 0 Å². The fourth-order valence-electron chi connectivity index (χ4n) is 3.31. The number of carbonyl (C=O) groups is 1. The van der Waals surface area contributed by atoms with E-state index in [1.807, 2.05) is 6.92 Å². The number of carbonyl (C=O) groups excluding carboxylic acids is 1. The van der Waals surface area contributed by atoms with E-state index in [2.05, 4.69) is 4.98 Å². The van der Waals surface area contributed by atoms with Crippen molar-refractivity contribution in [1.82, 2.24) is 10.5 Å². The summed E-state index contributed by atoms with van der Waals surface area (Å²) in [6.07, 6.45) is 5.02. The molecular weight excluding hydrogens is 442 g/mol. The van der Waals surface area contributed by atoms with Crippen molar-refractivity contribution >= 4 is 27.2 Å².